The van der Waals surface area contributed by atoms with E-state index in [1.807, 2.05) is 0 Å². The first kappa shape index (κ1) is 16.8. The molecule has 0 amide bonds. The van der Waals surface area contributed by atoms with Crippen LogP contribution in [0.5, 0.6) is 5.75 Å². The minimum absolute atomic E-state index is 0.0217. The number of carbonyl (C=O) groups excluding carboxylic acids is 1. The second kappa shape index (κ2) is 6.28. The molecule has 0 spiro atoms. The Morgan fingerprint density at radius 1 is 1.35 bits per heavy atom. The average Bonchev–Trinajstić information content (AvgIpc) is 2.94. The van der Waals surface area contributed by atoms with Gasteiger partial charge in [-0.2, -0.15) is 0 Å². The lowest BCUT2D eigenvalue weighted by molar-refractivity contribution is -0.166. The van der Waals surface area contributed by atoms with Gasteiger partial charge in [-0.1, -0.05) is 5.16 Å². The normalized spacial score (nSPS) is 17.2. The van der Waals surface area contributed by atoms with Crippen molar-refractivity contribution in [1.29, 1.82) is 0 Å². The molecule has 1 atom stereocenters. The predicted octanol–water partition coefficient (Wildman–Crippen LogP) is 2.23. The Bertz CT molecular complexity index is 659. The quantitative estimate of drug-likeness (QED) is 0.855. The summed E-state index contributed by atoms with van der Waals surface area (Å²) in [5.41, 5.74) is 0.466. The zero-order valence-electron chi connectivity index (χ0n) is 13.5. The molecule has 1 heterocycles. The number of ether oxygens (including phenoxy) is 2. The molecule has 1 aromatic carbocycles. The van der Waals surface area contributed by atoms with Crippen LogP contribution in [0.3, 0.4) is 0 Å². The Labute approximate surface area is 133 Å². The SMILES string of the molecule is COc1ccc(C2=NOC(C(=O)OC(C)(C)C)C2)cc1C(=O)O. The number of benzene rings is 1. The molecule has 1 aliphatic rings. The molecule has 1 aliphatic heterocycles. The first-order chi connectivity index (χ1) is 10.7. The van der Waals surface area contributed by atoms with Gasteiger partial charge in [0.05, 0.1) is 12.8 Å². The maximum absolute atomic E-state index is 12.0. The highest BCUT2D eigenvalue weighted by molar-refractivity contribution is 6.05. The van der Waals surface area contributed by atoms with Crippen LogP contribution in [0.25, 0.3) is 0 Å². The molecule has 0 aliphatic carbocycles. The zero-order chi connectivity index (χ0) is 17.2. The topological polar surface area (TPSA) is 94.4 Å². The summed E-state index contributed by atoms with van der Waals surface area (Å²) >= 11 is 0. The smallest absolute Gasteiger partial charge is 0.351 e. The highest BCUT2D eigenvalue weighted by Gasteiger charge is 2.33. The summed E-state index contributed by atoms with van der Waals surface area (Å²) in [6.07, 6.45) is -0.597. The number of methoxy groups -OCH3 is 1. The molecule has 0 aromatic heterocycles. The molecular formula is C16H19NO6. The van der Waals surface area contributed by atoms with Crippen LogP contribution in [0.2, 0.25) is 0 Å². The summed E-state index contributed by atoms with van der Waals surface area (Å²) in [6.45, 7) is 5.30. The lowest BCUT2D eigenvalue weighted by Gasteiger charge is -2.21. The third-order valence-electron chi connectivity index (χ3n) is 3.10. The number of rotatable bonds is 4. The summed E-state index contributed by atoms with van der Waals surface area (Å²) < 4.78 is 10.3. The van der Waals surface area contributed by atoms with E-state index in [2.05, 4.69) is 5.16 Å². The van der Waals surface area contributed by atoms with E-state index < -0.39 is 23.6 Å². The van der Waals surface area contributed by atoms with Crippen molar-refractivity contribution in [3.05, 3.63) is 29.3 Å². The standard InChI is InChI=1S/C16H19NO6/c1-16(2,3)22-15(20)13-8-11(17-23-13)9-5-6-12(21-4)10(7-9)14(18)19/h5-7,13H,8H2,1-4H3,(H,18,19). The van der Waals surface area contributed by atoms with E-state index >= 15 is 0 Å². The van der Waals surface area contributed by atoms with E-state index in [0.717, 1.165) is 0 Å². The number of carbonyl (C=O) groups is 2. The van der Waals surface area contributed by atoms with Crippen molar-refractivity contribution in [1.82, 2.24) is 0 Å². The minimum atomic E-state index is -1.10. The largest absolute Gasteiger partial charge is 0.496 e. The van der Waals surface area contributed by atoms with Gasteiger partial charge < -0.3 is 19.4 Å². The first-order valence-electron chi connectivity index (χ1n) is 7.08. The predicted molar refractivity (Wildman–Crippen MR) is 81.8 cm³/mol. The molecule has 1 N–H and O–H groups in total. The summed E-state index contributed by atoms with van der Waals surface area (Å²) in [4.78, 5) is 28.3. The molecule has 124 valence electrons. The van der Waals surface area contributed by atoms with Gasteiger partial charge in [0, 0.05) is 12.0 Å². The molecule has 0 fully saturated rings. The second-order valence-electron chi connectivity index (χ2n) is 6.09. The van der Waals surface area contributed by atoms with Gasteiger partial charge in [-0.3, -0.25) is 0 Å². The van der Waals surface area contributed by atoms with Crippen molar-refractivity contribution in [2.24, 2.45) is 5.16 Å². The number of carboxylic acids is 1. The third kappa shape index (κ3) is 4.00. The summed E-state index contributed by atoms with van der Waals surface area (Å²) in [5.74, 6) is -1.35. The van der Waals surface area contributed by atoms with E-state index in [4.69, 9.17) is 14.3 Å². The van der Waals surface area contributed by atoms with Crippen LogP contribution in [0.15, 0.2) is 23.4 Å². The molecule has 2 rings (SSSR count). The molecule has 1 aromatic rings. The van der Waals surface area contributed by atoms with Gasteiger partial charge in [0.1, 0.15) is 16.9 Å². The number of hydrogen-bond donors (Lipinski definition) is 1. The Balaban J connectivity index is 2.14. The van der Waals surface area contributed by atoms with Crippen LogP contribution in [-0.4, -0.2) is 41.6 Å². The first-order valence-corrected chi connectivity index (χ1v) is 7.08. The van der Waals surface area contributed by atoms with E-state index in [0.29, 0.717) is 11.3 Å². The van der Waals surface area contributed by atoms with Crippen molar-refractivity contribution in [3.8, 4) is 5.75 Å². The fourth-order valence-electron chi connectivity index (χ4n) is 2.10. The van der Waals surface area contributed by atoms with Crippen LogP contribution in [0.1, 0.15) is 43.1 Å². The van der Waals surface area contributed by atoms with Crippen LogP contribution in [0, 0.1) is 0 Å². The van der Waals surface area contributed by atoms with Gasteiger partial charge >= 0.3 is 11.9 Å². The molecule has 0 saturated carbocycles. The van der Waals surface area contributed by atoms with Crippen molar-refractivity contribution in [3.63, 3.8) is 0 Å². The number of aromatic carboxylic acids is 1. The van der Waals surface area contributed by atoms with Gasteiger partial charge in [0.2, 0.25) is 6.10 Å². The monoisotopic (exact) mass is 321 g/mol. The number of hydrogen-bond acceptors (Lipinski definition) is 6. The number of oxime groups is 1. The van der Waals surface area contributed by atoms with Crippen LogP contribution >= 0.6 is 0 Å². The number of carboxylic acid groups (broad SMARTS) is 1. The van der Waals surface area contributed by atoms with Gasteiger partial charge in [0.15, 0.2) is 0 Å². The molecule has 0 bridgehead atoms. The average molecular weight is 321 g/mol. The Kier molecular flexibility index (Phi) is 4.58. The zero-order valence-corrected chi connectivity index (χ0v) is 13.5. The van der Waals surface area contributed by atoms with E-state index in [9.17, 15) is 14.7 Å². The highest BCUT2D eigenvalue weighted by Crippen LogP contribution is 2.24. The van der Waals surface area contributed by atoms with Crippen LogP contribution in [-0.2, 0) is 14.4 Å². The number of nitrogens with zero attached hydrogens (tertiary/aromatic N) is 1. The van der Waals surface area contributed by atoms with Gasteiger partial charge in [-0.05, 0) is 39.0 Å². The number of esters is 1. The van der Waals surface area contributed by atoms with Crippen molar-refractivity contribution in [2.75, 3.05) is 7.11 Å². The minimum Gasteiger partial charge on any atom is -0.496 e. The molecule has 0 radical (unpaired) electrons. The molecule has 7 heteroatoms. The Hall–Kier alpha value is -2.57. The Morgan fingerprint density at radius 3 is 2.61 bits per heavy atom. The molecule has 7 nitrogen and oxygen atoms in total. The fourth-order valence-corrected chi connectivity index (χ4v) is 2.10. The van der Waals surface area contributed by atoms with Gasteiger partial charge in [-0.25, -0.2) is 9.59 Å². The summed E-state index contributed by atoms with van der Waals surface area (Å²) in [5, 5.41) is 13.1. The van der Waals surface area contributed by atoms with Crippen molar-refractivity contribution in [2.45, 2.75) is 38.9 Å². The lowest BCUT2D eigenvalue weighted by Crippen LogP contribution is -2.32. The maximum Gasteiger partial charge on any atom is 0.351 e. The fraction of sp³-hybridized carbons (Fsp3) is 0.438. The maximum atomic E-state index is 12.0. The van der Waals surface area contributed by atoms with E-state index in [1.54, 1.807) is 32.9 Å². The summed E-state index contributed by atoms with van der Waals surface area (Å²) in [6, 6.07) is 4.66. The van der Waals surface area contributed by atoms with Crippen molar-refractivity contribution >= 4 is 17.7 Å². The van der Waals surface area contributed by atoms with Crippen LogP contribution < -0.4 is 4.74 Å². The van der Waals surface area contributed by atoms with Crippen molar-refractivity contribution < 1.29 is 29.0 Å². The molecular weight excluding hydrogens is 302 g/mol. The molecule has 0 saturated heterocycles. The molecule has 23 heavy (non-hydrogen) atoms. The third-order valence-corrected chi connectivity index (χ3v) is 3.10. The van der Waals surface area contributed by atoms with E-state index in [-0.39, 0.29) is 17.7 Å². The van der Waals surface area contributed by atoms with Gasteiger partial charge in [-0.15, -0.1) is 0 Å². The highest BCUT2D eigenvalue weighted by atomic mass is 16.7. The van der Waals surface area contributed by atoms with Gasteiger partial charge in [0.25, 0.3) is 0 Å². The lowest BCUT2D eigenvalue weighted by atomic mass is 10.0. The summed E-state index contributed by atoms with van der Waals surface area (Å²) in [7, 11) is 1.40. The molecule has 1 unspecified atom stereocenters. The second-order valence-corrected chi connectivity index (χ2v) is 6.09. The van der Waals surface area contributed by atoms with E-state index in [1.165, 1.54) is 13.2 Å². The Morgan fingerprint density at radius 2 is 2.04 bits per heavy atom. The van der Waals surface area contributed by atoms with Crippen LogP contribution in [0.4, 0.5) is 0 Å².